The third kappa shape index (κ3) is 4.12. The molecule has 0 spiro atoms. The minimum absolute atomic E-state index is 0.186. The Morgan fingerprint density at radius 2 is 2.07 bits per heavy atom. The third-order valence-electron chi connectivity index (χ3n) is 4.76. The van der Waals surface area contributed by atoms with E-state index in [4.69, 9.17) is 9.47 Å². The summed E-state index contributed by atoms with van der Waals surface area (Å²) >= 11 is 0. The number of carbonyl (C=O) groups excluding carboxylic acids is 1. The SMILES string of the molecule is COc1c(CNC2=NCC3CN(C(=O)OC(C)(C)C)CCN23)c(C)nn1C. The number of hydrogen-bond acceptors (Lipinski definition) is 7. The van der Waals surface area contributed by atoms with E-state index in [-0.39, 0.29) is 12.1 Å². The highest BCUT2D eigenvalue weighted by atomic mass is 16.6. The molecule has 0 radical (unpaired) electrons. The van der Waals surface area contributed by atoms with Crippen LogP contribution in [0.3, 0.4) is 0 Å². The molecule has 27 heavy (non-hydrogen) atoms. The minimum atomic E-state index is -0.478. The predicted molar refractivity (Wildman–Crippen MR) is 102 cm³/mol. The van der Waals surface area contributed by atoms with E-state index in [1.165, 1.54) is 0 Å². The highest BCUT2D eigenvalue weighted by Gasteiger charge is 2.36. The largest absolute Gasteiger partial charge is 0.481 e. The summed E-state index contributed by atoms with van der Waals surface area (Å²) in [5, 5.41) is 7.82. The molecule has 1 fully saturated rings. The molecule has 1 amide bonds. The van der Waals surface area contributed by atoms with E-state index < -0.39 is 5.60 Å². The molecule has 0 saturated carbocycles. The van der Waals surface area contributed by atoms with Crippen molar-refractivity contribution in [1.82, 2.24) is 24.9 Å². The zero-order valence-electron chi connectivity index (χ0n) is 17.1. The second kappa shape index (κ2) is 7.28. The van der Waals surface area contributed by atoms with Crippen LogP contribution in [0.15, 0.2) is 4.99 Å². The van der Waals surface area contributed by atoms with Crippen molar-refractivity contribution in [2.75, 3.05) is 33.3 Å². The van der Waals surface area contributed by atoms with Crippen LogP contribution in [0.4, 0.5) is 4.79 Å². The molecule has 0 aromatic carbocycles. The number of piperazine rings is 1. The quantitative estimate of drug-likeness (QED) is 0.849. The maximum atomic E-state index is 12.3. The van der Waals surface area contributed by atoms with Crippen molar-refractivity contribution in [3.8, 4) is 5.88 Å². The number of hydrogen-bond donors (Lipinski definition) is 1. The van der Waals surface area contributed by atoms with E-state index in [2.05, 4.69) is 20.3 Å². The Labute approximate surface area is 160 Å². The second-order valence-corrected chi connectivity index (χ2v) is 7.99. The molecule has 0 bridgehead atoms. The maximum Gasteiger partial charge on any atom is 0.410 e. The van der Waals surface area contributed by atoms with Crippen molar-refractivity contribution in [3.63, 3.8) is 0 Å². The second-order valence-electron chi connectivity index (χ2n) is 7.99. The lowest BCUT2D eigenvalue weighted by atomic mass is 10.2. The zero-order chi connectivity index (χ0) is 19.8. The van der Waals surface area contributed by atoms with Gasteiger partial charge in [-0.25, -0.2) is 9.48 Å². The Kier molecular flexibility index (Phi) is 5.21. The monoisotopic (exact) mass is 378 g/mol. The van der Waals surface area contributed by atoms with Crippen LogP contribution in [0.25, 0.3) is 0 Å². The number of ether oxygens (including phenoxy) is 2. The summed E-state index contributed by atoms with van der Waals surface area (Å²) in [5.74, 6) is 1.62. The molecular formula is C18H30N6O3. The van der Waals surface area contributed by atoms with E-state index in [0.29, 0.717) is 26.2 Å². The topological polar surface area (TPSA) is 84.2 Å². The van der Waals surface area contributed by atoms with Gasteiger partial charge in [0.2, 0.25) is 5.88 Å². The molecule has 1 unspecified atom stereocenters. The van der Waals surface area contributed by atoms with Crippen LogP contribution in [-0.2, 0) is 18.3 Å². The van der Waals surface area contributed by atoms with Crippen molar-refractivity contribution in [3.05, 3.63) is 11.3 Å². The first-order chi connectivity index (χ1) is 12.7. The first-order valence-corrected chi connectivity index (χ1v) is 9.29. The van der Waals surface area contributed by atoms with Gasteiger partial charge in [-0.1, -0.05) is 0 Å². The van der Waals surface area contributed by atoms with E-state index >= 15 is 0 Å². The predicted octanol–water partition coefficient (Wildman–Crippen LogP) is 1.12. The molecule has 9 nitrogen and oxygen atoms in total. The first kappa shape index (κ1) is 19.3. The smallest absolute Gasteiger partial charge is 0.410 e. The molecular weight excluding hydrogens is 348 g/mol. The summed E-state index contributed by atoms with van der Waals surface area (Å²) < 4.78 is 12.7. The molecule has 1 saturated heterocycles. The van der Waals surface area contributed by atoms with Crippen molar-refractivity contribution in [1.29, 1.82) is 0 Å². The molecule has 2 aliphatic rings. The number of guanidine groups is 1. The highest BCUT2D eigenvalue weighted by molar-refractivity contribution is 5.82. The van der Waals surface area contributed by atoms with Gasteiger partial charge in [0.1, 0.15) is 5.60 Å². The molecule has 0 aliphatic carbocycles. The number of aliphatic imine (C=N–C) groups is 1. The van der Waals surface area contributed by atoms with Crippen molar-refractivity contribution in [2.45, 2.75) is 45.9 Å². The number of amides is 1. The number of carbonyl (C=O) groups is 1. The third-order valence-corrected chi connectivity index (χ3v) is 4.76. The standard InChI is InChI=1S/C18H30N6O3/c1-12-14(15(26-6)22(5)21-12)10-20-16-19-9-13-11-23(7-8-24(13)16)17(25)27-18(2,3)4/h13H,7-11H2,1-6H3,(H,19,20). The minimum Gasteiger partial charge on any atom is -0.481 e. The number of methoxy groups -OCH3 is 1. The van der Waals surface area contributed by atoms with Crippen LogP contribution in [0.2, 0.25) is 0 Å². The van der Waals surface area contributed by atoms with Crippen molar-refractivity contribution < 1.29 is 14.3 Å². The average molecular weight is 378 g/mol. The summed E-state index contributed by atoms with van der Waals surface area (Å²) in [6.45, 7) is 10.9. The van der Waals surface area contributed by atoms with Crippen LogP contribution in [0, 0.1) is 6.92 Å². The van der Waals surface area contributed by atoms with Gasteiger partial charge < -0.3 is 24.6 Å². The number of nitrogens with zero attached hydrogens (tertiary/aromatic N) is 5. The van der Waals surface area contributed by atoms with Crippen LogP contribution < -0.4 is 10.1 Å². The van der Waals surface area contributed by atoms with Gasteiger partial charge in [-0.05, 0) is 27.7 Å². The molecule has 9 heteroatoms. The molecule has 2 aliphatic heterocycles. The molecule has 150 valence electrons. The van der Waals surface area contributed by atoms with Gasteiger partial charge in [0, 0.05) is 26.7 Å². The van der Waals surface area contributed by atoms with Gasteiger partial charge in [0.25, 0.3) is 0 Å². The average Bonchev–Trinajstić information content (AvgIpc) is 3.10. The highest BCUT2D eigenvalue weighted by Crippen LogP contribution is 2.22. The van der Waals surface area contributed by atoms with Crippen molar-refractivity contribution in [2.24, 2.45) is 12.0 Å². The molecule has 3 heterocycles. The van der Waals surface area contributed by atoms with Gasteiger partial charge in [-0.2, -0.15) is 5.10 Å². The Morgan fingerprint density at radius 3 is 2.74 bits per heavy atom. The van der Waals surface area contributed by atoms with Crippen LogP contribution >= 0.6 is 0 Å². The lowest BCUT2D eigenvalue weighted by Crippen LogP contribution is -2.57. The molecule has 1 aromatic rings. The van der Waals surface area contributed by atoms with Crippen LogP contribution in [0.1, 0.15) is 32.0 Å². The number of fused-ring (bicyclic) bond motifs is 1. The fraction of sp³-hybridized carbons (Fsp3) is 0.722. The fourth-order valence-corrected chi connectivity index (χ4v) is 3.53. The summed E-state index contributed by atoms with van der Waals surface area (Å²) in [6, 6.07) is 0.186. The van der Waals surface area contributed by atoms with E-state index in [0.717, 1.165) is 29.6 Å². The number of nitrogens with one attached hydrogen (secondary N) is 1. The molecule has 1 aromatic heterocycles. The molecule has 1 N–H and O–H groups in total. The van der Waals surface area contributed by atoms with Gasteiger partial charge in [-0.15, -0.1) is 0 Å². The lowest BCUT2D eigenvalue weighted by Gasteiger charge is -2.39. The normalized spacial score (nSPS) is 19.6. The fourth-order valence-electron chi connectivity index (χ4n) is 3.53. The van der Waals surface area contributed by atoms with E-state index in [1.807, 2.05) is 34.7 Å². The Hall–Kier alpha value is -2.45. The van der Waals surface area contributed by atoms with Gasteiger partial charge >= 0.3 is 6.09 Å². The van der Waals surface area contributed by atoms with E-state index in [9.17, 15) is 4.79 Å². The van der Waals surface area contributed by atoms with E-state index in [1.54, 1.807) is 16.7 Å². The summed E-state index contributed by atoms with van der Waals surface area (Å²) in [6.07, 6.45) is -0.251. The summed E-state index contributed by atoms with van der Waals surface area (Å²) in [4.78, 5) is 21.0. The Balaban J connectivity index is 1.57. The summed E-state index contributed by atoms with van der Waals surface area (Å²) in [5.41, 5.74) is 1.48. The lowest BCUT2D eigenvalue weighted by molar-refractivity contribution is 0.0137. The summed E-state index contributed by atoms with van der Waals surface area (Å²) in [7, 11) is 3.52. The zero-order valence-corrected chi connectivity index (χ0v) is 17.1. The van der Waals surface area contributed by atoms with Gasteiger partial charge in [0.15, 0.2) is 5.96 Å². The number of aromatic nitrogens is 2. The molecule has 3 rings (SSSR count). The molecule has 1 atom stereocenters. The van der Waals surface area contributed by atoms with Crippen LogP contribution in [-0.4, -0.2) is 76.6 Å². The maximum absolute atomic E-state index is 12.3. The number of rotatable bonds is 3. The Bertz CT molecular complexity index is 736. The van der Waals surface area contributed by atoms with Gasteiger partial charge in [0.05, 0.1) is 37.5 Å². The number of aryl methyl sites for hydroxylation is 2. The first-order valence-electron chi connectivity index (χ1n) is 9.29. The Morgan fingerprint density at radius 1 is 1.33 bits per heavy atom. The van der Waals surface area contributed by atoms with Gasteiger partial charge in [-0.3, -0.25) is 4.99 Å². The van der Waals surface area contributed by atoms with Crippen LogP contribution in [0.5, 0.6) is 5.88 Å². The van der Waals surface area contributed by atoms with Crippen molar-refractivity contribution >= 4 is 12.1 Å².